The van der Waals surface area contributed by atoms with Gasteiger partial charge in [-0.05, 0) is 80.1 Å². The second-order valence-corrected chi connectivity index (χ2v) is 9.82. The summed E-state index contributed by atoms with van der Waals surface area (Å²) in [6, 6.07) is 13.6. The predicted molar refractivity (Wildman–Crippen MR) is 142 cm³/mol. The molecule has 0 bridgehead atoms. The van der Waals surface area contributed by atoms with Gasteiger partial charge < -0.3 is 15.1 Å². The van der Waals surface area contributed by atoms with Crippen molar-refractivity contribution in [1.82, 2.24) is 15.6 Å². The second-order valence-electron chi connectivity index (χ2n) is 9.82. The van der Waals surface area contributed by atoms with E-state index in [1.165, 1.54) is 43.4 Å². The van der Waals surface area contributed by atoms with Crippen LogP contribution in [0.2, 0.25) is 0 Å². The number of nitrogens with one attached hydrogen (secondary N) is 2. The first-order valence-electron chi connectivity index (χ1n) is 12.7. The summed E-state index contributed by atoms with van der Waals surface area (Å²) >= 11 is 0. The number of furan rings is 1. The van der Waals surface area contributed by atoms with Gasteiger partial charge in [0.25, 0.3) is 11.8 Å². The maximum Gasteiger partial charge on any atom is 0.255 e. The van der Waals surface area contributed by atoms with Crippen LogP contribution in [0.15, 0.2) is 52.9 Å². The number of benzene rings is 2. The molecule has 2 aromatic heterocycles. The van der Waals surface area contributed by atoms with Gasteiger partial charge >= 0.3 is 0 Å². The van der Waals surface area contributed by atoms with E-state index in [0.717, 1.165) is 12.8 Å². The van der Waals surface area contributed by atoms with Crippen molar-refractivity contribution in [3.63, 3.8) is 0 Å². The number of hydrogen-bond donors (Lipinski definition) is 2. The number of halogens is 2. The molecule has 1 fully saturated rings. The molecule has 0 aliphatic heterocycles. The largest absolute Gasteiger partial charge is 0.437 e. The molecule has 1 atom stereocenters. The standard InChI is InChI=1S/C30H26F2N4O3/c1-4-24-20(17-7-12-23(32)21(13-17)27(37)36-30(2,15-33)18-8-9-18)14-22-25(28(38)34-3)26(39-29(22)35-24)16-5-10-19(31)11-6-16/h5-7,10-14,18H,4,8-9H2,1-3H3,(H,34,38)(H,36,37). The van der Waals surface area contributed by atoms with Crippen molar-refractivity contribution in [2.45, 2.75) is 38.6 Å². The summed E-state index contributed by atoms with van der Waals surface area (Å²) in [5.41, 5.74) is 1.42. The van der Waals surface area contributed by atoms with Gasteiger partial charge in [-0.1, -0.05) is 13.0 Å². The molecule has 2 heterocycles. The molecule has 1 saturated carbocycles. The van der Waals surface area contributed by atoms with Crippen LogP contribution in [0, 0.1) is 28.9 Å². The van der Waals surface area contributed by atoms with Gasteiger partial charge in [0.2, 0.25) is 5.71 Å². The van der Waals surface area contributed by atoms with Gasteiger partial charge in [0.05, 0.1) is 28.3 Å². The monoisotopic (exact) mass is 528 g/mol. The molecule has 1 aliphatic rings. The lowest BCUT2D eigenvalue weighted by Gasteiger charge is -2.23. The van der Waals surface area contributed by atoms with E-state index >= 15 is 0 Å². The van der Waals surface area contributed by atoms with Gasteiger partial charge in [-0.25, -0.2) is 13.8 Å². The Balaban J connectivity index is 1.64. The SMILES string of the molecule is CCc1nc2oc(-c3ccc(F)cc3)c(C(=O)NC)c2cc1-c1ccc(F)c(C(=O)NC(C)(C#N)C2CC2)c1. The normalized spacial score (nSPS) is 14.5. The number of amides is 2. The smallest absolute Gasteiger partial charge is 0.255 e. The van der Waals surface area contributed by atoms with E-state index in [0.29, 0.717) is 34.2 Å². The highest BCUT2D eigenvalue weighted by Gasteiger charge is 2.43. The third-order valence-corrected chi connectivity index (χ3v) is 7.18. The molecule has 198 valence electrons. The van der Waals surface area contributed by atoms with Gasteiger partial charge in [-0.15, -0.1) is 0 Å². The summed E-state index contributed by atoms with van der Waals surface area (Å²) in [7, 11) is 1.49. The molecule has 2 amide bonds. The van der Waals surface area contributed by atoms with Crippen LogP contribution in [0.1, 0.15) is 53.1 Å². The average molecular weight is 529 g/mol. The van der Waals surface area contributed by atoms with Crippen molar-refractivity contribution in [2.75, 3.05) is 7.05 Å². The molecular weight excluding hydrogens is 502 g/mol. The third kappa shape index (κ3) is 4.74. The number of nitrogens with zero attached hydrogens (tertiary/aromatic N) is 2. The van der Waals surface area contributed by atoms with Crippen molar-refractivity contribution >= 4 is 22.9 Å². The number of carbonyl (C=O) groups is 2. The van der Waals surface area contributed by atoms with Crippen LogP contribution in [0.5, 0.6) is 0 Å². The zero-order valence-electron chi connectivity index (χ0n) is 21.7. The number of pyridine rings is 1. The number of nitriles is 1. The maximum atomic E-state index is 14.8. The minimum Gasteiger partial charge on any atom is -0.437 e. The molecule has 1 unspecified atom stereocenters. The number of carbonyl (C=O) groups excluding carboxylic acids is 2. The van der Waals surface area contributed by atoms with E-state index in [4.69, 9.17) is 4.42 Å². The number of fused-ring (bicyclic) bond motifs is 1. The van der Waals surface area contributed by atoms with E-state index in [9.17, 15) is 23.6 Å². The highest BCUT2D eigenvalue weighted by atomic mass is 19.1. The molecule has 7 nitrogen and oxygen atoms in total. The highest BCUT2D eigenvalue weighted by Crippen LogP contribution is 2.40. The van der Waals surface area contributed by atoms with Crippen LogP contribution in [-0.2, 0) is 6.42 Å². The Kier molecular flexibility index (Phi) is 6.64. The molecule has 2 N–H and O–H groups in total. The summed E-state index contributed by atoms with van der Waals surface area (Å²) < 4.78 is 34.4. The Hall–Kier alpha value is -4.58. The zero-order chi connectivity index (χ0) is 27.9. The quantitative estimate of drug-likeness (QED) is 0.316. The molecule has 2 aromatic carbocycles. The number of hydrogen-bond acceptors (Lipinski definition) is 5. The average Bonchev–Trinajstić information content (AvgIpc) is 3.74. The summed E-state index contributed by atoms with van der Waals surface area (Å²) in [6.07, 6.45) is 2.15. The van der Waals surface area contributed by atoms with E-state index in [2.05, 4.69) is 21.7 Å². The van der Waals surface area contributed by atoms with E-state index in [1.807, 2.05) is 6.92 Å². The lowest BCUT2D eigenvalue weighted by atomic mass is 9.95. The highest BCUT2D eigenvalue weighted by molar-refractivity contribution is 6.11. The fourth-order valence-electron chi connectivity index (χ4n) is 4.79. The van der Waals surface area contributed by atoms with Crippen molar-refractivity contribution in [2.24, 2.45) is 5.92 Å². The number of rotatable bonds is 7. The molecule has 4 aromatic rings. The summed E-state index contributed by atoms with van der Waals surface area (Å²) in [5, 5.41) is 15.4. The van der Waals surface area contributed by atoms with E-state index < -0.39 is 29.0 Å². The van der Waals surface area contributed by atoms with Gasteiger partial charge in [0, 0.05) is 18.2 Å². The van der Waals surface area contributed by atoms with Crippen molar-refractivity contribution in [3.05, 3.63) is 77.0 Å². The van der Waals surface area contributed by atoms with E-state index in [-0.39, 0.29) is 28.5 Å². The van der Waals surface area contributed by atoms with Crippen LogP contribution >= 0.6 is 0 Å². The topological polar surface area (TPSA) is 108 Å². The van der Waals surface area contributed by atoms with E-state index in [1.54, 1.807) is 19.1 Å². The first kappa shape index (κ1) is 26.0. The molecule has 5 rings (SSSR count). The molecule has 0 saturated heterocycles. The Morgan fingerprint density at radius 2 is 1.79 bits per heavy atom. The van der Waals surface area contributed by atoms with Gasteiger partial charge in [0.1, 0.15) is 22.9 Å². The van der Waals surface area contributed by atoms with Crippen molar-refractivity contribution < 1.29 is 22.8 Å². The first-order valence-corrected chi connectivity index (χ1v) is 12.7. The lowest BCUT2D eigenvalue weighted by molar-refractivity contribution is 0.0911. The van der Waals surface area contributed by atoms with Crippen molar-refractivity contribution in [3.8, 4) is 28.5 Å². The second kappa shape index (κ2) is 9.95. The number of aromatic nitrogens is 1. The Morgan fingerprint density at radius 1 is 1.10 bits per heavy atom. The van der Waals surface area contributed by atoms with Crippen LogP contribution < -0.4 is 10.6 Å². The molecule has 0 spiro atoms. The fraction of sp³-hybridized carbons (Fsp3) is 0.267. The predicted octanol–water partition coefficient (Wildman–Crippen LogP) is 5.78. The minimum absolute atomic E-state index is 0.0375. The molecule has 9 heteroatoms. The first-order chi connectivity index (χ1) is 18.7. The van der Waals surface area contributed by atoms with Gasteiger partial charge in [-0.2, -0.15) is 5.26 Å². The number of aryl methyl sites for hydroxylation is 1. The molecule has 39 heavy (non-hydrogen) atoms. The third-order valence-electron chi connectivity index (χ3n) is 7.18. The molecule has 1 aliphatic carbocycles. The van der Waals surface area contributed by atoms with Crippen molar-refractivity contribution in [1.29, 1.82) is 5.26 Å². The molecular formula is C30H26F2N4O3. The lowest BCUT2D eigenvalue weighted by Crippen LogP contribution is -2.46. The summed E-state index contributed by atoms with van der Waals surface area (Å²) in [4.78, 5) is 30.7. The summed E-state index contributed by atoms with van der Waals surface area (Å²) in [5.74, 6) is -1.95. The summed E-state index contributed by atoms with van der Waals surface area (Å²) in [6.45, 7) is 3.54. The zero-order valence-corrected chi connectivity index (χ0v) is 21.7. The van der Waals surface area contributed by atoms with Crippen LogP contribution in [-0.4, -0.2) is 29.4 Å². The fourth-order valence-corrected chi connectivity index (χ4v) is 4.79. The maximum absolute atomic E-state index is 14.8. The van der Waals surface area contributed by atoms with Gasteiger partial charge in [-0.3, -0.25) is 9.59 Å². The molecule has 0 radical (unpaired) electrons. The van der Waals surface area contributed by atoms with Gasteiger partial charge in [0.15, 0.2) is 0 Å². The van der Waals surface area contributed by atoms with Crippen LogP contribution in [0.4, 0.5) is 8.78 Å². The van der Waals surface area contributed by atoms with Crippen LogP contribution in [0.25, 0.3) is 33.6 Å². The Bertz CT molecular complexity index is 1650. The Labute approximate surface area is 223 Å². The van der Waals surface area contributed by atoms with Crippen LogP contribution in [0.3, 0.4) is 0 Å². The Morgan fingerprint density at radius 3 is 2.41 bits per heavy atom. The minimum atomic E-state index is -1.08.